The van der Waals surface area contributed by atoms with Gasteiger partial charge in [-0.05, 0) is 45.0 Å². The van der Waals surface area contributed by atoms with Gasteiger partial charge in [-0.1, -0.05) is 11.8 Å². The van der Waals surface area contributed by atoms with Gasteiger partial charge in [0.1, 0.15) is 12.2 Å². The normalized spacial score (nSPS) is 13.9. The molecule has 1 N–H and O–H groups in total. The van der Waals surface area contributed by atoms with E-state index in [1.54, 1.807) is 25.7 Å². The second-order valence-electron chi connectivity index (χ2n) is 5.97. The van der Waals surface area contributed by atoms with Gasteiger partial charge in [0, 0.05) is 11.3 Å². The Morgan fingerprint density at radius 2 is 2.04 bits per heavy atom. The zero-order valence-electron chi connectivity index (χ0n) is 13.5. The molecule has 0 bridgehead atoms. The van der Waals surface area contributed by atoms with Crippen LogP contribution in [0.25, 0.3) is 0 Å². The van der Waals surface area contributed by atoms with Gasteiger partial charge in [0.05, 0.1) is 13.1 Å². The third-order valence-corrected chi connectivity index (χ3v) is 2.89. The molecule has 0 aliphatic carbocycles. The zero-order chi connectivity index (χ0) is 16.9. The van der Waals surface area contributed by atoms with Crippen molar-refractivity contribution in [2.75, 3.05) is 24.6 Å². The smallest absolute Gasteiger partial charge is 0.414 e. The molecular weight excluding hydrogens is 296 g/mol. The Kier molecular flexibility index (Phi) is 5.12. The number of ether oxygens (including phenoxy) is 2. The number of cyclic esters (lactones) is 1. The van der Waals surface area contributed by atoms with Crippen LogP contribution < -0.4 is 10.2 Å². The maximum Gasteiger partial charge on any atom is 0.414 e. The first-order valence-corrected chi connectivity index (χ1v) is 7.35. The third kappa shape index (κ3) is 5.22. The minimum absolute atomic E-state index is 0.203. The molecule has 1 aliphatic heterocycles. The predicted octanol–water partition coefficient (Wildman–Crippen LogP) is 2.52. The first-order valence-electron chi connectivity index (χ1n) is 7.35. The first kappa shape index (κ1) is 16.7. The van der Waals surface area contributed by atoms with Crippen molar-refractivity contribution < 1.29 is 19.1 Å². The third-order valence-electron chi connectivity index (χ3n) is 2.89. The molecule has 2 rings (SSSR count). The van der Waals surface area contributed by atoms with Gasteiger partial charge in [0.2, 0.25) is 0 Å². The number of rotatable bonds is 2. The molecule has 0 radical (unpaired) electrons. The molecule has 6 heteroatoms. The predicted molar refractivity (Wildman–Crippen MR) is 86.3 cm³/mol. The number of hydrogen-bond donors (Lipinski definition) is 1. The summed E-state index contributed by atoms with van der Waals surface area (Å²) in [4.78, 5) is 24.5. The highest BCUT2D eigenvalue weighted by atomic mass is 16.6. The summed E-state index contributed by atoms with van der Waals surface area (Å²) in [6, 6.07) is 7.28. The van der Waals surface area contributed by atoms with Crippen LogP contribution >= 0.6 is 0 Å². The van der Waals surface area contributed by atoms with Crippen LogP contribution in [0.15, 0.2) is 24.3 Å². The molecule has 0 aromatic heterocycles. The van der Waals surface area contributed by atoms with Crippen LogP contribution in [0.4, 0.5) is 15.3 Å². The number of benzene rings is 1. The van der Waals surface area contributed by atoms with Crippen molar-refractivity contribution >= 4 is 17.9 Å². The highest BCUT2D eigenvalue weighted by Crippen LogP contribution is 2.18. The van der Waals surface area contributed by atoms with Crippen LogP contribution in [0.2, 0.25) is 0 Å². The number of amides is 2. The molecule has 0 saturated carbocycles. The van der Waals surface area contributed by atoms with E-state index in [0.717, 1.165) is 11.3 Å². The number of carbonyl (C=O) groups excluding carboxylic acids is 2. The van der Waals surface area contributed by atoms with Crippen LogP contribution in [0.1, 0.15) is 26.3 Å². The number of anilines is 1. The number of nitrogens with zero attached hydrogens (tertiary/aromatic N) is 1. The first-order chi connectivity index (χ1) is 10.8. The highest BCUT2D eigenvalue weighted by Gasteiger charge is 2.23. The lowest BCUT2D eigenvalue weighted by Gasteiger charge is -2.19. The molecule has 2 amide bonds. The fourth-order valence-electron chi connectivity index (χ4n) is 1.93. The number of nitrogens with one attached hydrogen (secondary N) is 1. The molecule has 122 valence electrons. The lowest BCUT2D eigenvalue weighted by molar-refractivity contribution is 0.0535. The van der Waals surface area contributed by atoms with Gasteiger partial charge in [-0.2, -0.15) is 0 Å². The van der Waals surface area contributed by atoms with Crippen molar-refractivity contribution in [1.29, 1.82) is 0 Å². The van der Waals surface area contributed by atoms with Crippen LogP contribution in [0.3, 0.4) is 0 Å². The average Bonchev–Trinajstić information content (AvgIpc) is 2.89. The molecule has 0 unspecified atom stereocenters. The largest absolute Gasteiger partial charge is 0.447 e. The highest BCUT2D eigenvalue weighted by molar-refractivity contribution is 5.89. The molecule has 1 aromatic carbocycles. The summed E-state index contributed by atoms with van der Waals surface area (Å²) in [6.45, 7) is 6.58. The molecule has 0 spiro atoms. The number of carbonyl (C=O) groups is 2. The molecular formula is C17H20N2O4. The Balaban J connectivity index is 1.85. The second kappa shape index (κ2) is 7.05. The summed E-state index contributed by atoms with van der Waals surface area (Å²) in [5.74, 6) is 5.79. The molecule has 1 heterocycles. The number of alkyl carbamates (subject to hydrolysis) is 1. The SMILES string of the molecule is CC(C)(C)OC(=O)NCC#Cc1ccc(N2CCOC2=O)cc1. The summed E-state index contributed by atoms with van der Waals surface area (Å²) in [5, 5.41) is 2.57. The van der Waals surface area contributed by atoms with Crippen LogP contribution in [-0.2, 0) is 9.47 Å². The van der Waals surface area contributed by atoms with E-state index < -0.39 is 11.7 Å². The quantitative estimate of drug-likeness (QED) is 0.851. The Hall–Kier alpha value is -2.68. The molecule has 0 atom stereocenters. The van der Waals surface area contributed by atoms with E-state index in [4.69, 9.17) is 9.47 Å². The summed E-state index contributed by atoms with van der Waals surface area (Å²) >= 11 is 0. The second-order valence-corrected chi connectivity index (χ2v) is 5.97. The van der Waals surface area contributed by atoms with Crippen molar-refractivity contribution in [1.82, 2.24) is 5.32 Å². The monoisotopic (exact) mass is 316 g/mol. The van der Waals surface area contributed by atoms with Gasteiger partial charge in [-0.25, -0.2) is 9.59 Å². The molecule has 1 aliphatic rings. The van der Waals surface area contributed by atoms with E-state index in [0.29, 0.717) is 13.2 Å². The van der Waals surface area contributed by atoms with E-state index in [9.17, 15) is 9.59 Å². The van der Waals surface area contributed by atoms with Gasteiger partial charge in [0.15, 0.2) is 0 Å². The maximum absolute atomic E-state index is 11.5. The maximum atomic E-state index is 11.5. The Labute approximate surface area is 135 Å². The van der Waals surface area contributed by atoms with Crippen molar-refractivity contribution in [3.63, 3.8) is 0 Å². The van der Waals surface area contributed by atoms with Crippen molar-refractivity contribution in [3.8, 4) is 11.8 Å². The Bertz CT molecular complexity index is 635. The van der Waals surface area contributed by atoms with E-state index in [-0.39, 0.29) is 12.6 Å². The summed E-state index contributed by atoms with van der Waals surface area (Å²) in [5.41, 5.74) is 1.06. The fraction of sp³-hybridized carbons (Fsp3) is 0.412. The van der Waals surface area contributed by atoms with Crippen LogP contribution in [0.5, 0.6) is 0 Å². The summed E-state index contributed by atoms with van der Waals surface area (Å²) in [6.07, 6.45) is -0.819. The lowest BCUT2D eigenvalue weighted by atomic mass is 10.2. The van der Waals surface area contributed by atoms with Gasteiger partial charge < -0.3 is 14.8 Å². The Morgan fingerprint density at radius 1 is 1.35 bits per heavy atom. The molecule has 6 nitrogen and oxygen atoms in total. The van der Waals surface area contributed by atoms with E-state index in [1.165, 1.54) is 0 Å². The van der Waals surface area contributed by atoms with Gasteiger partial charge in [-0.3, -0.25) is 4.90 Å². The molecule has 1 saturated heterocycles. The van der Waals surface area contributed by atoms with E-state index in [2.05, 4.69) is 17.2 Å². The summed E-state index contributed by atoms with van der Waals surface area (Å²) < 4.78 is 10.00. The van der Waals surface area contributed by atoms with Gasteiger partial charge in [-0.15, -0.1) is 0 Å². The zero-order valence-corrected chi connectivity index (χ0v) is 13.5. The molecule has 1 fully saturated rings. The van der Waals surface area contributed by atoms with Crippen LogP contribution in [-0.4, -0.2) is 37.5 Å². The molecule has 23 heavy (non-hydrogen) atoms. The van der Waals surface area contributed by atoms with Crippen molar-refractivity contribution in [2.24, 2.45) is 0 Å². The minimum Gasteiger partial charge on any atom is -0.447 e. The van der Waals surface area contributed by atoms with Crippen molar-refractivity contribution in [3.05, 3.63) is 29.8 Å². The summed E-state index contributed by atoms with van der Waals surface area (Å²) in [7, 11) is 0. The lowest BCUT2D eigenvalue weighted by Crippen LogP contribution is -2.32. The van der Waals surface area contributed by atoms with Crippen molar-refractivity contribution in [2.45, 2.75) is 26.4 Å². The Morgan fingerprint density at radius 3 is 2.61 bits per heavy atom. The van der Waals surface area contributed by atoms with Gasteiger partial charge in [0.25, 0.3) is 0 Å². The van der Waals surface area contributed by atoms with E-state index in [1.807, 2.05) is 24.3 Å². The molecule has 1 aromatic rings. The van der Waals surface area contributed by atoms with Gasteiger partial charge >= 0.3 is 12.2 Å². The topological polar surface area (TPSA) is 67.9 Å². The number of hydrogen-bond acceptors (Lipinski definition) is 4. The standard InChI is InChI=1S/C17H20N2O4/c1-17(2,3)23-15(20)18-10-4-5-13-6-8-14(9-7-13)19-11-12-22-16(19)21/h6-9H,10-12H2,1-3H3,(H,18,20). The van der Waals surface area contributed by atoms with Crippen LogP contribution in [0, 0.1) is 11.8 Å². The van der Waals surface area contributed by atoms with E-state index >= 15 is 0 Å². The minimum atomic E-state index is -0.524. The fourth-order valence-corrected chi connectivity index (χ4v) is 1.93. The average molecular weight is 316 g/mol.